The number of thiophene rings is 1. The van der Waals surface area contributed by atoms with Crippen LogP contribution in [0.4, 0.5) is 5.69 Å². The van der Waals surface area contributed by atoms with Gasteiger partial charge in [0.2, 0.25) is 5.91 Å². The van der Waals surface area contributed by atoms with E-state index in [1.165, 1.54) is 12.0 Å². The van der Waals surface area contributed by atoms with Crippen LogP contribution in [0.25, 0.3) is 0 Å². The summed E-state index contributed by atoms with van der Waals surface area (Å²) in [5.41, 5.74) is 0.829. The van der Waals surface area contributed by atoms with E-state index in [-0.39, 0.29) is 5.91 Å². The summed E-state index contributed by atoms with van der Waals surface area (Å²) in [6.07, 6.45) is 0. The Bertz CT molecular complexity index is 803. The zero-order chi connectivity index (χ0) is 19.2. The minimum Gasteiger partial charge on any atom is -0.465 e. The third-order valence-electron chi connectivity index (χ3n) is 4.45. The number of amides is 1. The minimum absolute atomic E-state index is 0.134. The number of rotatable bonds is 6. The molecule has 6 nitrogen and oxygen atoms in total. The summed E-state index contributed by atoms with van der Waals surface area (Å²) in [5, 5.41) is 2.82. The first-order valence-corrected chi connectivity index (χ1v) is 9.90. The van der Waals surface area contributed by atoms with Gasteiger partial charge < -0.3 is 10.1 Å². The fraction of sp³-hybridized carbons (Fsp3) is 0.368. The van der Waals surface area contributed by atoms with Gasteiger partial charge in [-0.1, -0.05) is 23.7 Å². The fourth-order valence-electron chi connectivity index (χ4n) is 3.04. The summed E-state index contributed by atoms with van der Waals surface area (Å²) in [7, 11) is 1.32. The van der Waals surface area contributed by atoms with Gasteiger partial charge in [0.05, 0.1) is 29.2 Å². The van der Waals surface area contributed by atoms with E-state index in [0.29, 0.717) is 17.8 Å². The molecular formula is C19H22ClN3O3S. The summed E-state index contributed by atoms with van der Waals surface area (Å²) in [5.74, 6) is -0.599. The Kier molecular flexibility index (Phi) is 6.84. The van der Waals surface area contributed by atoms with Gasteiger partial charge in [0.25, 0.3) is 0 Å². The molecule has 1 aliphatic heterocycles. The quantitative estimate of drug-likeness (QED) is 0.746. The second kappa shape index (κ2) is 9.32. The Morgan fingerprint density at radius 3 is 2.48 bits per heavy atom. The van der Waals surface area contributed by atoms with E-state index in [0.717, 1.165) is 37.1 Å². The van der Waals surface area contributed by atoms with Crippen molar-refractivity contribution in [1.29, 1.82) is 0 Å². The molecule has 0 radical (unpaired) electrons. The van der Waals surface area contributed by atoms with Gasteiger partial charge in [-0.3, -0.25) is 14.6 Å². The molecule has 1 aromatic carbocycles. The number of methoxy groups -OCH3 is 1. The summed E-state index contributed by atoms with van der Waals surface area (Å²) in [6, 6.07) is 10.8. The molecule has 27 heavy (non-hydrogen) atoms. The number of nitrogens with zero attached hydrogens (tertiary/aromatic N) is 2. The molecule has 0 bridgehead atoms. The van der Waals surface area contributed by atoms with E-state index in [9.17, 15) is 9.59 Å². The Morgan fingerprint density at radius 2 is 1.81 bits per heavy atom. The molecule has 1 amide bonds. The average Bonchev–Trinajstić information content (AvgIpc) is 3.08. The maximum absolute atomic E-state index is 12.4. The number of para-hydroxylation sites is 1. The smallest absolute Gasteiger partial charge is 0.339 e. The lowest BCUT2D eigenvalue weighted by Crippen LogP contribution is -2.48. The van der Waals surface area contributed by atoms with Crippen molar-refractivity contribution in [3.05, 3.63) is 51.2 Å². The normalized spacial score (nSPS) is 15.5. The molecule has 1 N–H and O–H groups in total. The zero-order valence-electron chi connectivity index (χ0n) is 15.1. The van der Waals surface area contributed by atoms with Gasteiger partial charge in [0.1, 0.15) is 0 Å². The van der Waals surface area contributed by atoms with Gasteiger partial charge in [-0.2, -0.15) is 0 Å². The number of halogens is 1. The molecule has 0 unspecified atom stereocenters. The van der Waals surface area contributed by atoms with Gasteiger partial charge in [-0.05, 0) is 24.3 Å². The minimum atomic E-state index is -0.465. The van der Waals surface area contributed by atoms with Crippen molar-refractivity contribution in [3.63, 3.8) is 0 Å². The molecule has 144 valence electrons. The van der Waals surface area contributed by atoms with E-state index < -0.39 is 5.97 Å². The summed E-state index contributed by atoms with van der Waals surface area (Å²) < 4.78 is 5.57. The van der Waals surface area contributed by atoms with Crippen LogP contribution in [0.3, 0.4) is 0 Å². The molecule has 2 aromatic rings. The highest BCUT2D eigenvalue weighted by atomic mass is 35.5. The predicted octanol–water partition coefficient (Wildman–Crippen LogP) is 2.94. The third-order valence-corrected chi connectivity index (χ3v) is 5.66. The number of carbonyl (C=O) groups is 2. The second-order valence-corrected chi connectivity index (χ2v) is 8.14. The van der Waals surface area contributed by atoms with E-state index in [1.54, 1.807) is 35.6 Å². The van der Waals surface area contributed by atoms with Crippen molar-refractivity contribution in [2.75, 3.05) is 45.2 Å². The highest BCUT2D eigenvalue weighted by Crippen LogP contribution is 2.23. The van der Waals surface area contributed by atoms with Crippen molar-refractivity contribution < 1.29 is 14.3 Å². The molecule has 0 atom stereocenters. The summed E-state index contributed by atoms with van der Waals surface area (Å²) >= 11 is 7.59. The SMILES string of the molecule is COC(=O)c1ccccc1NC(=O)CN1CCN(Cc2ccc(Cl)s2)CC1. The zero-order valence-corrected chi connectivity index (χ0v) is 16.7. The number of esters is 1. The molecule has 1 aliphatic rings. The lowest BCUT2D eigenvalue weighted by Gasteiger charge is -2.34. The second-order valence-electron chi connectivity index (χ2n) is 6.34. The molecule has 2 heterocycles. The van der Waals surface area contributed by atoms with Crippen LogP contribution in [0.1, 0.15) is 15.2 Å². The van der Waals surface area contributed by atoms with E-state index in [1.807, 2.05) is 6.07 Å². The summed E-state index contributed by atoms with van der Waals surface area (Å²) in [4.78, 5) is 29.9. The first-order chi connectivity index (χ1) is 13.0. The van der Waals surface area contributed by atoms with Crippen molar-refractivity contribution in [1.82, 2.24) is 9.80 Å². The molecule has 1 aromatic heterocycles. The Labute approximate surface area is 167 Å². The van der Waals surface area contributed by atoms with Gasteiger partial charge >= 0.3 is 5.97 Å². The van der Waals surface area contributed by atoms with Crippen molar-refractivity contribution >= 4 is 40.5 Å². The Hall–Kier alpha value is -1.93. The maximum Gasteiger partial charge on any atom is 0.339 e. The number of piperazine rings is 1. The van der Waals surface area contributed by atoms with Crippen molar-refractivity contribution in [2.45, 2.75) is 6.54 Å². The molecule has 8 heteroatoms. The van der Waals surface area contributed by atoms with Gasteiger partial charge in [0.15, 0.2) is 0 Å². The molecule has 1 fully saturated rings. The number of carbonyl (C=O) groups excluding carboxylic acids is 2. The standard InChI is InChI=1S/C19H22ClN3O3S/c1-26-19(25)15-4-2-3-5-16(15)21-18(24)13-23-10-8-22(9-11-23)12-14-6-7-17(20)27-14/h2-7H,8-13H2,1H3,(H,21,24). The topological polar surface area (TPSA) is 61.9 Å². The number of benzene rings is 1. The van der Waals surface area contributed by atoms with Gasteiger partial charge in [0, 0.05) is 37.6 Å². The molecule has 3 rings (SSSR count). The Balaban J connectivity index is 1.48. The van der Waals surface area contributed by atoms with Crippen LogP contribution in [0.5, 0.6) is 0 Å². The number of hydrogen-bond donors (Lipinski definition) is 1. The fourth-order valence-corrected chi connectivity index (χ4v) is 4.17. The number of hydrogen-bond acceptors (Lipinski definition) is 6. The van der Waals surface area contributed by atoms with Crippen molar-refractivity contribution in [3.8, 4) is 0 Å². The number of anilines is 1. The van der Waals surface area contributed by atoms with E-state index in [2.05, 4.69) is 21.2 Å². The monoisotopic (exact) mass is 407 g/mol. The Morgan fingerprint density at radius 1 is 1.11 bits per heavy atom. The first kappa shape index (κ1) is 19.8. The molecule has 0 aliphatic carbocycles. The predicted molar refractivity (Wildman–Crippen MR) is 107 cm³/mol. The van der Waals surface area contributed by atoms with Crippen LogP contribution >= 0.6 is 22.9 Å². The van der Waals surface area contributed by atoms with Crippen LogP contribution in [0, 0.1) is 0 Å². The highest BCUT2D eigenvalue weighted by Gasteiger charge is 2.20. The number of nitrogens with one attached hydrogen (secondary N) is 1. The van der Waals surface area contributed by atoms with Crippen molar-refractivity contribution in [2.24, 2.45) is 0 Å². The molecule has 0 saturated carbocycles. The van der Waals surface area contributed by atoms with Crippen LogP contribution in [-0.2, 0) is 16.1 Å². The average molecular weight is 408 g/mol. The van der Waals surface area contributed by atoms with E-state index >= 15 is 0 Å². The van der Waals surface area contributed by atoms with E-state index in [4.69, 9.17) is 16.3 Å². The first-order valence-electron chi connectivity index (χ1n) is 8.71. The summed E-state index contributed by atoms with van der Waals surface area (Å²) in [6.45, 7) is 4.65. The van der Waals surface area contributed by atoms with Gasteiger partial charge in [-0.15, -0.1) is 11.3 Å². The van der Waals surface area contributed by atoms with Gasteiger partial charge in [-0.25, -0.2) is 4.79 Å². The molecule has 1 saturated heterocycles. The lowest BCUT2D eigenvalue weighted by molar-refractivity contribution is -0.117. The lowest BCUT2D eigenvalue weighted by atomic mass is 10.2. The third kappa shape index (κ3) is 5.52. The maximum atomic E-state index is 12.4. The molecule has 0 spiro atoms. The molecular weight excluding hydrogens is 386 g/mol. The van der Waals surface area contributed by atoms with Crippen LogP contribution in [-0.4, -0.2) is 61.5 Å². The van der Waals surface area contributed by atoms with Crippen LogP contribution < -0.4 is 5.32 Å². The van der Waals surface area contributed by atoms with Crippen LogP contribution in [0.15, 0.2) is 36.4 Å². The van der Waals surface area contributed by atoms with Crippen LogP contribution in [0.2, 0.25) is 4.34 Å². The number of ether oxygens (including phenoxy) is 1. The highest BCUT2D eigenvalue weighted by molar-refractivity contribution is 7.16. The largest absolute Gasteiger partial charge is 0.465 e.